The summed E-state index contributed by atoms with van der Waals surface area (Å²) in [5.74, 6) is 2.51. The monoisotopic (exact) mass is 242 g/mol. The van der Waals surface area contributed by atoms with Crippen LogP contribution in [0, 0.1) is 4.58 Å². The van der Waals surface area contributed by atoms with Crippen LogP contribution in [0.2, 0.25) is 0 Å². The fraction of sp³-hybridized carbons (Fsp3) is 0.900. The van der Waals surface area contributed by atoms with Gasteiger partial charge < -0.3 is 33.0 Å². The average molecular weight is 242 g/mol. The van der Waals surface area contributed by atoms with Crippen LogP contribution in [0.3, 0.4) is 0 Å². The third-order valence-corrected chi connectivity index (χ3v) is 4.52. The van der Waals surface area contributed by atoms with E-state index in [1.54, 1.807) is 0 Å². The molecule has 0 aromatic rings. The minimum absolute atomic E-state index is 0. The van der Waals surface area contributed by atoms with Gasteiger partial charge in [-0.2, -0.15) is 0 Å². The number of hydrogen-bond acceptors (Lipinski definition) is 4. The van der Waals surface area contributed by atoms with Gasteiger partial charge in [-0.15, -0.1) is 6.42 Å². The first-order chi connectivity index (χ1) is 6.86. The second-order valence-electron chi connectivity index (χ2n) is 2.97. The van der Waals surface area contributed by atoms with Gasteiger partial charge in [-0.1, -0.05) is 0 Å². The smallest absolute Gasteiger partial charge is 0.356 e. The molecule has 1 heterocycles. The first-order valence-corrected chi connectivity index (χ1v) is 7.18. The van der Waals surface area contributed by atoms with E-state index < -0.39 is 0 Å². The Hall–Kier alpha value is 1.22. The summed E-state index contributed by atoms with van der Waals surface area (Å²) < 4.78 is 12.5. The van der Waals surface area contributed by atoms with E-state index in [0.29, 0.717) is 0 Å². The SMILES string of the molecule is CCOC(C[C-]1SCCCS1)OCC.[Li+]. The molecular weight excluding hydrogens is 223 g/mol. The van der Waals surface area contributed by atoms with Gasteiger partial charge in [-0.05, 0) is 31.8 Å². The van der Waals surface area contributed by atoms with Crippen LogP contribution >= 0.6 is 23.5 Å². The molecule has 1 aliphatic heterocycles. The molecule has 0 atom stereocenters. The molecule has 15 heavy (non-hydrogen) atoms. The zero-order valence-electron chi connectivity index (χ0n) is 9.95. The van der Waals surface area contributed by atoms with Gasteiger partial charge in [0.1, 0.15) is 6.29 Å². The van der Waals surface area contributed by atoms with E-state index in [1.807, 2.05) is 37.4 Å². The van der Waals surface area contributed by atoms with E-state index in [2.05, 4.69) is 0 Å². The van der Waals surface area contributed by atoms with Crippen molar-refractivity contribution in [3.05, 3.63) is 4.58 Å². The minimum atomic E-state index is -0.0295. The summed E-state index contributed by atoms with van der Waals surface area (Å²) in [7, 11) is 0. The standard InChI is InChI=1S/C10H19O2S2.Li/c1-3-11-9(12-4-2)8-10-13-6-5-7-14-10;/h9H,3-8H2,1-2H3;/q-1;+1. The van der Waals surface area contributed by atoms with Gasteiger partial charge in [0, 0.05) is 13.2 Å². The topological polar surface area (TPSA) is 18.5 Å². The second kappa shape index (κ2) is 10.4. The van der Waals surface area contributed by atoms with Crippen molar-refractivity contribution in [1.29, 1.82) is 0 Å². The van der Waals surface area contributed by atoms with Crippen molar-refractivity contribution in [2.24, 2.45) is 0 Å². The van der Waals surface area contributed by atoms with Crippen molar-refractivity contribution in [2.75, 3.05) is 24.7 Å². The summed E-state index contributed by atoms with van der Waals surface area (Å²) in [5, 5.41) is 0. The van der Waals surface area contributed by atoms with Crippen molar-refractivity contribution in [2.45, 2.75) is 33.0 Å². The summed E-state index contributed by atoms with van der Waals surface area (Å²) >= 11 is 3.93. The molecule has 0 bridgehead atoms. The van der Waals surface area contributed by atoms with Crippen LogP contribution < -0.4 is 18.9 Å². The molecule has 0 aromatic heterocycles. The molecule has 5 heteroatoms. The summed E-state index contributed by atoms with van der Waals surface area (Å²) in [6.45, 7) is 5.48. The summed E-state index contributed by atoms with van der Waals surface area (Å²) in [6, 6.07) is 0. The first kappa shape index (κ1) is 16.2. The molecular formula is C10H19LiO2S2. The Kier molecular flexibility index (Phi) is 11.2. The van der Waals surface area contributed by atoms with Crippen LogP contribution in [0.15, 0.2) is 0 Å². The number of ether oxygens (including phenoxy) is 2. The molecule has 1 aliphatic rings. The Morgan fingerprint density at radius 1 is 1.13 bits per heavy atom. The van der Waals surface area contributed by atoms with Gasteiger partial charge in [0.15, 0.2) is 0 Å². The molecule has 1 saturated heterocycles. The molecule has 0 aromatic carbocycles. The molecule has 0 spiro atoms. The van der Waals surface area contributed by atoms with Crippen LogP contribution in [-0.2, 0) is 9.47 Å². The van der Waals surface area contributed by atoms with Crippen LogP contribution in [0.4, 0.5) is 0 Å². The van der Waals surface area contributed by atoms with Crippen molar-refractivity contribution >= 4 is 23.5 Å². The fourth-order valence-corrected chi connectivity index (χ4v) is 3.82. The van der Waals surface area contributed by atoms with Gasteiger partial charge in [0.25, 0.3) is 0 Å². The predicted octanol–water partition coefficient (Wildman–Crippen LogP) is 0.139. The Morgan fingerprint density at radius 2 is 1.67 bits per heavy atom. The minimum Gasteiger partial charge on any atom is -0.356 e. The van der Waals surface area contributed by atoms with E-state index in [4.69, 9.17) is 9.47 Å². The molecule has 1 fully saturated rings. The zero-order chi connectivity index (χ0) is 10.2. The molecule has 0 unspecified atom stereocenters. The van der Waals surface area contributed by atoms with Crippen molar-refractivity contribution in [1.82, 2.24) is 0 Å². The van der Waals surface area contributed by atoms with Crippen LogP contribution in [0.25, 0.3) is 0 Å². The second-order valence-corrected chi connectivity index (χ2v) is 5.60. The van der Waals surface area contributed by atoms with Gasteiger partial charge in [0.05, 0.1) is 0 Å². The Bertz CT molecular complexity index is 137. The molecule has 0 radical (unpaired) electrons. The van der Waals surface area contributed by atoms with Gasteiger partial charge in [-0.3, -0.25) is 0 Å². The maximum Gasteiger partial charge on any atom is 1.00 e. The largest absolute Gasteiger partial charge is 1.00 e. The zero-order valence-corrected chi connectivity index (χ0v) is 11.6. The molecule has 0 N–H and O–H groups in total. The van der Waals surface area contributed by atoms with Crippen molar-refractivity contribution < 1.29 is 28.3 Å². The summed E-state index contributed by atoms with van der Waals surface area (Å²) in [5.41, 5.74) is 0. The molecule has 0 saturated carbocycles. The Labute approximate surface area is 114 Å². The Balaban J connectivity index is 0.00000196. The van der Waals surface area contributed by atoms with E-state index in [0.717, 1.165) is 19.6 Å². The number of thioether (sulfide) groups is 2. The van der Waals surface area contributed by atoms with Crippen LogP contribution in [0.1, 0.15) is 26.7 Å². The number of rotatable bonds is 6. The molecule has 2 nitrogen and oxygen atoms in total. The third kappa shape index (κ3) is 7.20. The quantitative estimate of drug-likeness (QED) is 0.374. The van der Waals surface area contributed by atoms with Crippen LogP contribution in [0.5, 0.6) is 0 Å². The van der Waals surface area contributed by atoms with E-state index in [1.165, 1.54) is 22.5 Å². The molecule has 84 valence electrons. The van der Waals surface area contributed by atoms with Gasteiger partial charge in [-0.25, -0.2) is 4.58 Å². The fourth-order valence-electron chi connectivity index (χ4n) is 1.26. The van der Waals surface area contributed by atoms with E-state index in [-0.39, 0.29) is 25.2 Å². The van der Waals surface area contributed by atoms with Gasteiger partial charge in [0.2, 0.25) is 0 Å². The maximum atomic E-state index is 5.52. The van der Waals surface area contributed by atoms with E-state index >= 15 is 0 Å². The maximum absolute atomic E-state index is 5.52. The first-order valence-electron chi connectivity index (χ1n) is 5.21. The number of hydrogen-bond donors (Lipinski definition) is 0. The Morgan fingerprint density at radius 3 is 2.13 bits per heavy atom. The third-order valence-electron chi connectivity index (χ3n) is 1.85. The summed E-state index contributed by atoms with van der Waals surface area (Å²) in [4.78, 5) is 0. The van der Waals surface area contributed by atoms with Crippen molar-refractivity contribution in [3.8, 4) is 0 Å². The molecule has 0 aliphatic carbocycles. The normalized spacial score (nSPS) is 17.8. The molecule has 1 rings (SSSR count). The van der Waals surface area contributed by atoms with Crippen LogP contribution in [-0.4, -0.2) is 31.0 Å². The van der Waals surface area contributed by atoms with Crippen molar-refractivity contribution in [3.63, 3.8) is 0 Å². The van der Waals surface area contributed by atoms with Gasteiger partial charge >= 0.3 is 18.9 Å². The summed E-state index contributed by atoms with van der Waals surface area (Å²) in [6.07, 6.45) is 2.24. The predicted molar refractivity (Wildman–Crippen MR) is 64.4 cm³/mol. The average Bonchev–Trinajstić information content (AvgIpc) is 2.20. The molecule has 0 amide bonds. The van der Waals surface area contributed by atoms with E-state index in [9.17, 15) is 0 Å².